The Hall–Kier alpha value is -0.830. The lowest BCUT2D eigenvalue weighted by Crippen LogP contribution is -2.00. The molecule has 62 valence electrons. The molecule has 0 amide bonds. The first-order valence-electron chi connectivity index (χ1n) is 3.83. The van der Waals surface area contributed by atoms with Gasteiger partial charge in [0.15, 0.2) is 0 Å². The molecule has 1 aromatic heterocycles. The van der Waals surface area contributed by atoms with Crippen molar-refractivity contribution in [3.05, 3.63) is 18.0 Å². The van der Waals surface area contributed by atoms with E-state index in [0.29, 0.717) is 6.04 Å². The summed E-state index contributed by atoms with van der Waals surface area (Å²) in [4.78, 5) is 0. The van der Waals surface area contributed by atoms with Gasteiger partial charge in [0, 0.05) is 17.8 Å². The van der Waals surface area contributed by atoms with E-state index in [9.17, 15) is 0 Å². The summed E-state index contributed by atoms with van der Waals surface area (Å²) in [5.41, 5.74) is 0.874. The molecule has 3 heteroatoms. The van der Waals surface area contributed by atoms with Crippen LogP contribution >= 0.6 is 0 Å². The molecule has 0 spiro atoms. The first-order chi connectivity index (χ1) is 5.11. The Morgan fingerprint density at radius 1 is 1.45 bits per heavy atom. The van der Waals surface area contributed by atoms with E-state index in [1.807, 2.05) is 10.9 Å². The molecule has 0 aliphatic rings. The van der Waals surface area contributed by atoms with Crippen LogP contribution in [0, 0.1) is 0 Å². The Balaban J connectivity index is 2.82. The Bertz CT molecular complexity index is 205. The molecule has 0 bridgehead atoms. The molecular weight excluding hydrogens is 140 g/mol. The highest BCUT2D eigenvalue weighted by Crippen LogP contribution is 2.12. The van der Waals surface area contributed by atoms with Crippen molar-refractivity contribution in [3.63, 3.8) is 0 Å². The third-order valence-electron chi connectivity index (χ3n) is 1.63. The second kappa shape index (κ2) is 3.05. The lowest BCUT2D eigenvalue weighted by molar-refractivity contribution is 0.199. The summed E-state index contributed by atoms with van der Waals surface area (Å²) >= 11 is 0. The van der Waals surface area contributed by atoms with Crippen molar-refractivity contribution < 1.29 is 5.11 Å². The van der Waals surface area contributed by atoms with Crippen molar-refractivity contribution in [1.82, 2.24) is 9.78 Å². The van der Waals surface area contributed by atoms with Gasteiger partial charge in [-0.05, 0) is 20.8 Å². The zero-order chi connectivity index (χ0) is 8.43. The predicted octanol–water partition coefficient (Wildman–Crippen LogP) is 1.52. The molecule has 0 fully saturated rings. The highest BCUT2D eigenvalue weighted by Gasteiger charge is 2.04. The molecule has 1 heterocycles. The molecule has 0 saturated heterocycles. The number of rotatable bonds is 2. The van der Waals surface area contributed by atoms with Crippen molar-refractivity contribution in [1.29, 1.82) is 0 Å². The van der Waals surface area contributed by atoms with Gasteiger partial charge in [0.05, 0.1) is 12.3 Å². The molecule has 0 aliphatic carbocycles. The molecule has 1 N–H and O–H groups in total. The highest BCUT2D eigenvalue weighted by atomic mass is 16.3. The molecule has 1 aromatic rings. The van der Waals surface area contributed by atoms with Crippen LogP contribution in [-0.2, 0) is 0 Å². The fraction of sp³-hybridized carbons (Fsp3) is 0.625. The number of hydrogen-bond donors (Lipinski definition) is 1. The maximum atomic E-state index is 9.17. The van der Waals surface area contributed by atoms with Gasteiger partial charge in [0.1, 0.15) is 0 Å². The average molecular weight is 154 g/mol. The SMILES string of the molecule is CC(O)c1cnn(C(C)C)c1. The van der Waals surface area contributed by atoms with Crippen LogP contribution in [0.2, 0.25) is 0 Å². The molecule has 1 unspecified atom stereocenters. The van der Waals surface area contributed by atoms with Crippen LogP contribution in [0.15, 0.2) is 12.4 Å². The van der Waals surface area contributed by atoms with Gasteiger partial charge in [0.25, 0.3) is 0 Å². The predicted molar refractivity (Wildman–Crippen MR) is 43.2 cm³/mol. The summed E-state index contributed by atoms with van der Waals surface area (Å²) in [7, 11) is 0. The zero-order valence-corrected chi connectivity index (χ0v) is 7.15. The molecule has 0 aliphatic heterocycles. The molecular formula is C8H14N2O. The van der Waals surface area contributed by atoms with Crippen LogP contribution in [0.1, 0.15) is 38.5 Å². The summed E-state index contributed by atoms with van der Waals surface area (Å²) < 4.78 is 1.84. The molecule has 1 rings (SSSR count). The second-order valence-corrected chi connectivity index (χ2v) is 3.02. The van der Waals surface area contributed by atoms with Gasteiger partial charge in [-0.3, -0.25) is 4.68 Å². The van der Waals surface area contributed by atoms with Crippen LogP contribution in [-0.4, -0.2) is 14.9 Å². The van der Waals surface area contributed by atoms with Crippen LogP contribution in [0.5, 0.6) is 0 Å². The average Bonchev–Trinajstić information content (AvgIpc) is 2.33. The summed E-state index contributed by atoms with van der Waals surface area (Å²) in [6, 6.07) is 0.363. The van der Waals surface area contributed by atoms with Gasteiger partial charge in [-0.1, -0.05) is 0 Å². The van der Waals surface area contributed by atoms with Gasteiger partial charge < -0.3 is 5.11 Å². The third kappa shape index (κ3) is 1.80. The van der Waals surface area contributed by atoms with E-state index in [2.05, 4.69) is 18.9 Å². The van der Waals surface area contributed by atoms with E-state index in [-0.39, 0.29) is 0 Å². The number of aliphatic hydroxyl groups excluding tert-OH is 1. The molecule has 3 nitrogen and oxygen atoms in total. The van der Waals surface area contributed by atoms with Crippen LogP contribution in [0.25, 0.3) is 0 Å². The van der Waals surface area contributed by atoms with E-state index < -0.39 is 6.10 Å². The molecule has 11 heavy (non-hydrogen) atoms. The van der Waals surface area contributed by atoms with Gasteiger partial charge in [-0.25, -0.2) is 0 Å². The van der Waals surface area contributed by atoms with Gasteiger partial charge >= 0.3 is 0 Å². The maximum absolute atomic E-state index is 9.17. The first kappa shape index (κ1) is 8.27. The smallest absolute Gasteiger partial charge is 0.0792 e. The fourth-order valence-corrected chi connectivity index (χ4v) is 0.851. The van der Waals surface area contributed by atoms with E-state index in [4.69, 9.17) is 5.11 Å². The quantitative estimate of drug-likeness (QED) is 0.701. The largest absolute Gasteiger partial charge is 0.389 e. The molecule has 0 aromatic carbocycles. The summed E-state index contributed by atoms with van der Waals surface area (Å²) in [6.07, 6.45) is 3.16. The molecule has 0 radical (unpaired) electrons. The Labute approximate surface area is 66.7 Å². The Morgan fingerprint density at radius 3 is 2.36 bits per heavy atom. The van der Waals surface area contributed by atoms with Gasteiger partial charge in [-0.15, -0.1) is 0 Å². The second-order valence-electron chi connectivity index (χ2n) is 3.02. The summed E-state index contributed by atoms with van der Waals surface area (Å²) in [5, 5.41) is 13.3. The van der Waals surface area contributed by atoms with Crippen molar-refractivity contribution in [3.8, 4) is 0 Å². The van der Waals surface area contributed by atoms with Crippen LogP contribution in [0.3, 0.4) is 0 Å². The Morgan fingerprint density at radius 2 is 2.09 bits per heavy atom. The first-order valence-corrected chi connectivity index (χ1v) is 3.83. The minimum atomic E-state index is -0.414. The van der Waals surface area contributed by atoms with Crippen LogP contribution < -0.4 is 0 Å². The van der Waals surface area contributed by atoms with E-state index in [0.717, 1.165) is 5.56 Å². The monoisotopic (exact) mass is 154 g/mol. The van der Waals surface area contributed by atoms with Crippen molar-refractivity contribution in [2.45, 2.75) is 32.9 Å². The maximum Gasteiger partial charge on any atom is 0.0792 e. The minimum absolute atomic E-state index is 0.363. The van der Waals surface area contributed by atoms with E-state index >= 15 is 0 Å². The van der Waals surface area contributed by atoms with Gasteiger partial charge in [0.2, 0.25) is 0 Å². The van der Waals surface area contributed by atoms with E-state index in [1.165, 1.54) is 0 Å². The van der Waals surface area contributed by atoms with E-state index in [1.54, 1.807) is 13.1 Å². The third-order valence-corrected chi connectivity index (χ3v) is 1.63. The van der Waals surface area contributed by atoms with Crippen LogP contribution in [0.4, 0.5) is 0 Å². The number of aliphatic hydroxyl groups is 1. The number of nitrogens with zero attached hydrogens (tertiary/aromatic N) is 2. The minimum Gasteiger partial charge on any atom is -0.389 e. The van der Waals surface area contributed by atoms with Crippen molar-refractivity contribution >= 4 is 0 Å². The highest BCUT2D eigenvalue weighted by molar-refractivity contribution is 5.06. The zero-order valence-electron chi connectivity index (χ0n) is 7.15. The topological polar surface area (TPSA) is 38.1 Å². The fourth-order valence-electron chi connectivity index (χ4n) is 0.851. The number of hydrogen-bond acceptors (Lipinski definition) is 2. The van der Waals surface area contributed by atoms with Gasteiger partial charge in [-0.2, -0.15) is 5.10 Å². The lowest BCUT2D eigenvalue weighted by atomic mass is 10.2. The van der Waals surface area contributed by atoms with Crippen molar-refractivity contribution in [2.75, 3.05) is 0 Å². The number of aromatic nitrogens is 2. The standard InChI is InChI=1S/C8H14N2O/c1-6(2)10-5-8(4-9-10)7(3)11/h4-7,11H,1-3H3. The van der Waals surface area contributed by atoms with Crippen molar-refractivity contribution in [2.24, 2.45) is 0 Å². The Kier molecular flexibility index (Phi) is 2.29. The molecule has 0 saturated carbocycles. The molecule has 1 atom stereocenters. The summed E-state index contributed by atoms with van der Waals surface area (Å²) in [6.45, 7) is 5.85. The lowest BCUT2D eigenvalue weighted by Gasteiger charge is -2.03. The summed E-state index contributed by atoms with van der Waals surface area (Å²) in [5.74, 6) is 0. The normalized spacial score (nSPS) is 13.9.